The van der Waals surface area contributed by atoms with Gasteiger partial charge in [0.05, 0.1) is 6.61 Å². The van der Waals surface area contributed by atoms with E-state index in [4.69, 9.17) is 9.47 Å². The quantitative estimate of drug-likeness (QED) is 0.548. The lowest BCUT2D eigenvalue weighted by atomic mass is 9.89. The fourth-order valence-corrected chi connectivity index (χ4v) is 4.23. The average molecular weight is 417 g/mol. The molecule has 0 saturated carbocycles. The highest BCUT2D eigenvalue weighted by Gasteiger charge is 2.22. The average Bonchev–Trinajstić information content (AvgIpc) is 3.09. The van der Waals surface area contributed by atoms with Crippen molar-refractivity contribution in [1.82, 2.24) is 0 Å². The van der Waals surface area contributed by atoms with Gasteiger partial charge in [-0.25, -0.2) is 0 Å². The van der Waals surface area contributed by atoms with Gasteiger partial charge in [0.15, 0.2) is 0 Å². The number of aliphatic hydroxyl groups excluding tert-OH is 1. The van der Waals surface area contributed by atoms with Gasteiger partial charge < -0.3 is 14.6 Å². The van der Waals surface area contributed by atoms with Gasteiger partial charge in [0.25, 0.3) is 0 Å². The Morgan fingerprint density at radius 2 is 1.94 bits per heavy atom. The zero-order valence-electron chi connectivity index (χ0n) is 18.1. The number of rotatable bonds is 9. The summed E-state index contributed by atoms with van der Waals surface area (Å²) in [7, 11) is 0. The molecule has 0 saturated heterocycles. The third kappa shape index (κ3) is 6.11. The van der Waals surface area contributed by atoms with Crippen LogP contribution in [0.15, 0.2) is 78.4 Å². The molecule has 0 spiro atoms. The van der Waals surface area contributed by atoms with Crippen LogP contribution in [0.4, 0.5) is 0 Å². The predicted molar refractivity (Wildman–Crippen MR) is 126 cm³/mol. The monoisotopic (exact) mass is 416 g/mol. The van der Waals surface area contributed by atoms with Crippen molar-refractivity contribution in [1.29, 1.82) is 0 Å². The van der Waals surface area contributed by atoms with Gasteiger partial charge >= 0.3 is 0 Å². The Bertz CT molecular complexity index is 940. The van der Waals surface area contributed by atoms with Crippen LogP contribution in [0.2, 0.25) is 0 Å². The highest BCUT2D eigenvalue weighted by atomic mass is 16.5. The number of ether oxygens (including phenoxy) is 2. The fourth-order valence-electron chi connectivity index (χ4n) is 4.23. The molecule has 0 bridgehead atoms. The van der Waals surface area contributed by atoms with Crippen LogP contribution in [-0.2, 0) is 19.4 Å². The molecule has 1 N–H and O–H groups in total. The van der Waals surface area contributed by atoms with Crippen molar-refractivity contribution >= 4 is 0 Å². The minimum Gasteiger partial charge on any atom is -0.493 e. The standard InChI is InChI=1S/C28H32O3/c29-16-8-13-25-18-28-26(19-27(25)30-20-23-11-6-3-7-12-23)17-24(21-31-28)15-14-22-9-4-1-2-5-10-22/h1-7,9,11-12,18-19,24,29H,8,10,13-17,20-21H2. The zero-order valence-corrected chi connectivity index (χ0v) is 18.1. The lowest BCUT2D eigenvalue weighted by Crippen LogP contribution is -2.21. The van der Waals surface area contributed by atoms with Gasteiger partial charge in [-0.05, 0) is 73.3 Å². The van der Waals surface area contributed by atoms with E-state index in [0.29, 0.717) is 12.5 Å². The molecule has 0 amide bonds. The third-order valence-corrected chi connectivity index (χ3v) is 6.01. The van der Waals surface area contributed by atoms with E-state index in [-0.39, 0.29) is 6.61 Å². The molecule has 2 aromatic rings. The summed E-state index contributed by atoms with van der Waals surface area (Å²) in [4.78, 5) is 0. The molecule has 0 radical (unpaired) electrons. The van der Waals surface area contributed by atoms with Gasteiger partial charge in [-0.15, -0.1) is 0 Å². The van der Waals surface area contributed by atoms with Gasteiger partial charge in [0, 0.05) is 6.61 Å². The largest absolute Gasteiger partial charge is 0.493 e. The summed E-state index contributed by atoms with van der Waals surface area (Å²) in [6.45, 7) is 1.50. The first-order chi connectivity index (χ1) is 15.3. The summed E-state index contributed by atoms with van der Waals surface area (Å²) in [5.41, 5.74) is 5.00. The topological polar surface area (TPSA) is 38.7 Å². The number of aryl methyl sites for hydroxylation is 1. The Morgan fingerprint density at radius 3 is 2.81 bits per heavy atom. The van der Waals surface area contributed by atoms with E-state index in [1.165, 1.54) is 11.1 Å². The second kappa shape index (κ2) is 11.0. The first kappa shape index (κ1) is 21.5. The van der Waals surface area contributed by atoms with Crippen LogP contribution in [0.1, 0.15) is 42.4 Å². The lowest BCUT2D eigenvalue weighted by Gasteiger charge is -2.27. The Kier molecular flexibility index (Phi) is 7.62. The van der Waals surface area contributed by atoms with Crippen LogP contribution in [0.3, 0.4) is 0 Å². The number of fused-ring (bicyclic) bond motifs is 1. The second-order valence-corrected chi connectivity index (χ2v) is 8.43. The van der Waals surface area contributed by atoms with Gasteiger partial charge in [-0.3, -0.25) is 0 Å². The van der Waals surface area contributed by atoms with E-state index < -0.39 is 0 Å². The summed E-state index contributed by atoms with van der Waals surface area (Å²) in [5.74, 6) is 2.42. The molecule has 31 heavy (non-hydrogen) atoms. The van der Waals surface area contributed by atoms with E-state index in [9.17, 15) is 5.11 Å². The Hall–Kier alpha value is -2.78. The SMILES string of the molecule is OCCCc1cc2c(cc1OCc1ccccc1)CC(CCC1=CC=CC=CC1)CO2. The van der Waals surface area contributed by atoms with E-state index in [0.717, 1.165) is 67.8 Å². The molecular weight excluding hydrogens is 384 g/mol. The minimum absolute atomic E-state index is 0.179. The van der Waals surface area contributed by atoms with Gasteiger partial charge in [-0.2, -0.15) is 0 Å². The Labute approximate surface area is 185 Å². The number of allylic oxidation sites excluding steroid dienone is 6. The Morgan fingerprint density at radius 1 is 1.03 bits per heavy atom. The fraction of sp³-hybridized carbons (Fsp3) is 0.357. The van der Waals surface area contributed by atoms with Crippen molar-refractivity contribution < 1.29 is 14.6 Å². The summed E-state index contributed by atoms with van der Waals surface area (Å²) in [5, 5.41) is 9.30. The van der Waals surface area contributed by atoms with Crippen LogP contribution in [0.25, 0.3) is 0 Å². The minimum atomic E-state index is 0.179. The molecule has 4 rings (SSSR count). The molecule has 1 unspecified atom stereocenters. The molecule has 2 aromatic carbocycles. The van der Waals surface area contributed by atoms with Crippen LogP contribution >= 0.6 is 0 Å². The van der Waals surface area contributed by atoms with Crippen molar-refractivity contribution in [2.45, 2.75) is 45.1 Å². The predicted octanol–water partition coefficient (Wildman–Crippen LogP) is 5.96. The summed E-state index contributed by atoms with van der Waals surface area (Å²) < 4.78 is 12.4. The maximum absolute atomic E-state index is 9.30. The second-order valence-electron chi connectivity index (χ2n) is 8.43. The van der Waals surface area contributed by atoms with Crippen molar-refractivity contribution in [2.75, 3.05) is 13.2 Å². The van der Waals surface area contributed by atoms with Gasteiger partial charge in [-0.1, -0.05) is 66.3 Å². The normalized spacial score (nSPS) is 17.5. The van der Waals surface area contributed by atoms with Crippen molar-refractivity contribution in [3.05, 3.63) is 95.1 Å². The van der Waals surface area contributed by atoms with Crippen molar-refractivity contribution in [3.63, 3.8) is 0 Å². The first-order valence-electron chi connectivity index (χ1n) is 11.4. The maximum atomic E-state index is 9.30. The molecule has 0 fully saturated rings. The van der Waals surface area contributed by atoms with E-state index >= 15 is 0 Å². The lowest BCUT2D eigenvalue weighted by molar-refractivity contribution is 0.212. The molecule has 3 nitrogen and oxygen atoms in total. The molecule has 0 aromatic heterocycles. The third-order valence-electron chi connectivity index (χ3n) is 6.01. The summed E-state index contributed by atoms with van der Waals surface area (Å²) >= 11 is 0. The van der Waals surface area contributed by atoms with Crippen molar-refractivity contribution in [2.24, 2.45) is 5.92 Å². The summed E-state index contributed by atoms with van der Waals surface area (Å²) in [6.07, 6.45) is 16.7. The number of hydrogen-bond donors (Lipinski definition) is 1. The number of hydrogen-bond acceptors (Lipinski definition) is 3. The highest BCUT2D eigenvalue weighted by molar-refractivity contribution is 5.48. The smallest absolute Gasteiger partial charge is 0.123 e. The zero-order chi connectivity index (χ0) is 21.3. The number of benzene rings is 2. The molecule has 1 aliphatic carbocycles. The van der Waals surface area contributed by atoms with Crippen LogP contribution < -0.4 is 9.47 Å². The maximum Gasteiger partial charge on any atom is 0.123 e. The molecule has 162 valence electrons. The van der Waals surface area contributed by atoms with Crippen LogP contribution in [-0.4, -0.2) is 18.3 Å². The summed E-state index contributed by atoms with van der Waals surface area (Å²) in [6, 6.07) is 14.6. The molecule has 2 aliphatic rings. The van der Waals surface area contributed by atoms with E-state index in [1.807, 2.05) is 18.2 Å². The Balaban J connectivity index is 1.44. The highest BCUT2D eigenvalue weighted by Crippen LogP contribution is 2.36. The molecule has 1 atom stereocenters. The first-order valence-corrected chi connectivity index (χ1v) is 11.4. The van der Waals surface area contributed by atoms with Crippen LogP contribution in [0, 0.1) is 5.92 Å². The van der Waals surface area contributed by atoms with E-state index in [2.05, 4.69) is 54.6 Å². The van der Waals surface area contributed by atoms with Crippen LogP contribution in [0.5, 0.6) is 11.5 Å². The molecule has 1 aliphatic heterocycles. The molecule has 3 heteroatoms. The van der Waals surface area contributed by atoms with Gasteiger partial charge in [0.2, 0.25) is 0 Å². The van der Waals surface area contributed by atoms with Crippen molar-refractivity contribution in [3.8, 4) is 11.5 Å². The van der Waals surface area contributed by atoms with Gasteiger partial charge in [0.1, 0.15) is 18.1 Å². The molecular formula is C28H32O3. The number of aliphatic hydroxyl groups is 1. The molecule has 1 heterocycles. The van der Waals surface area contributed by atoms with E-state index in [1.54, 1.807) is 0 Å².